The first-order chi connectivity index (χ1) is 14.7. The smallest absolute Gasteiger partial charge is 0.0140 e. The molecule has 1 heteroatoms. The van der Waals surface area contributed by atoms with Crippen molar-refractivity contribution in [2.24, 2.45) is 0 Å². The van der Waals surface area contributed by atoms with Crippen molar-refractivity contribution in [3.63, 3.8) is 0 Å². The first kappa shape index (κ1) is 29.4. The average Bonchev–Trinajstić information content (AvgIpc) is 2.67. The third-order valence-electron chi connectivity index (χ3n) is 5.44. The van der Waals surface area contributed by atoms with Crippen molar-refractivity contribution in [3.05, 3.63) is 69.9 Å². The fourth-order valence-corrected chi connectivity index (χ4v) is 3.25. The monoisotopic (exact) mass is 425 g/mol. The van der Waals surface area contributed by atoms with Gasteiger partial charge in [-0.25, -0.2) is 0 Å². The SMILES string of the molecule is CC(C)=CCCC(C)=CCCC(C)=CCNCC=C(C)CCC=C(C)CCC=C(C)C. The van der Waals surface area contributed by atoms with Crippen molar-refractivity contribution >= 4 is 0 Å². The lowest BCUT2D eigenvalue weighted by Crippen LogP contribution is -2.13. The van der Waals surface area contributed by atoms with Crippen LogP contribution in [-0.2, 0) is 0 Å². The predicted octanol–water partition coefficient (Wildman–Crippen LogP) is 9.41. The van der Waals surface area contributed by atoms with Crippen LogP contribution in [0.4, 0.5) is 0 Å². The van der Waals surface area contributed by atoms with Crippen LogP contribution >= 0.6 is 0 Å². The summed E-state index contributed by atoms with van der Waals surface area (Å²) < 4.78 is 0. The molecule has 176 valence electrons. The lowest BCUT2D eigenvalue weighted by Gasteiger charge is -2.04. The highest BCUT2D eigenvalue weighted by Crippen LogP contribution is 2.12. The molecule has 0 amide bonds. The second-order valence-electron chi connectivity index (χ2n) is 9.58. The largest absolute Gasteiger partial charge is 0.310 e. The van der Waals surface area contributed by atoms with E-state index < -0.39 is 0 Å². The summed E-state index contributed by atoms with van der Waals surface area (Å²) in [6.45, 7) is 19.6. The molecule has 0 aliphatic heterocycles. The Kier molecular flexibility index (Phi) is 18.1. The predicted molar refractivity (Wildman–Crippen MR) is 144 cm³/mol. The molecule has 0 aromatic heterocycles. The van der Waals surface area contributed by atoms with Crippen LogP contribution in [0.5, 0.6) is 0 Å². The molecule has 1 nitrogen and oxygen atoms in total. The average molecular weight is 426 g/mol. The summed E-state index contributed by atoms with van der Waals surface area (Å²) in [6, 6.07) is 0. The van der Waals surface area contributed by atoms with Crippen molar-refractivity contribution in [2.45, 2.75) is 107 Å². The second-order valence-corrected chi connectivity index (χ2v) is 9.58. The molecule has 1 N–H and O–H groups in total. The van der Waals surface area contributed by atoms with Gasteiger partial charge in [-0.15, -0.1) is 0 Å². The molecule has 0 aromatic carbocycles. The Morgan fingerprint density at radius 1 is 0.419 bits per heavy atom. The molecule has 0 aliphatic rings. The van der Waals surface area contributed by atoms with Gasteiger partial charge >= 0.3 is 0 Å². The lowest BCUT2D eigenvalue weighted by atomic mass is 10.1. The molecule has 0 fully saturated rings. The minimum atomic E-state index is 0.961. The van der Waals surface area contributed by atoms with Gasteiger partial charge in [0, 0.05) is 13.1 Å². The highest BCUT2D eigenvalue weighted by molar-refractivity contribution is 5.07. The van der Waals surface area contributed by atoms with E-state index in [1.54, 1.807) is 0 Å². The Labute approximate surface area is 195 Å². The van der Waals surface area contributed by atoms with Gasteiger partial charge in [0.2, 0.25) is 0 Å². The first-order valence-corrected chi connectivity index (χ1v) is 12.3. The fraction of sp³-hybridized carbons (Fsp3) is 0.600. The van der Waals surface area contributed by atoms with Crippen LogP contribution in [0.3, 0.4) is 0 Å². The van der Waals surface area contributed by atoms with E-state index in [1.165, 1.54) is 59.1 Å². The zero-order valence-electron chi connectivity index (χ0n) is 22.0. The summed E-state index contributed by atoms with van der Waals surface area (Å²) in [4.78, 5) is 0. The van der Waals surface area contributed by atoms with E-state index in [-0.39, 0.29) is 0 Å². The number of hydrogen-bond donors (Lipinski definition) is 1. The Bertz CT molecular complexity index is 599. The van der Waals surface area contributed by atoms with Crippen LogP contribution < -0.4 is 5.32 Å². The van der Waals surface area contributed by atoms with Crippen molar-refractivity contribution < 1.29 is 0 Å². The van der Waals surface area contributed by atoms with Gasteiger partial charge in [-0.3, -0.25) is 0 Å². The summed E-state index contributed by atoms with van der Waals surface area (Å²) in [5, 5.41) is 3.53. The molecule has 0 aromatic rings. The standard InChI is InChI=1S/C30H51N/c1-25(2)13-9-15-27(5)17-11-19-29(7)21-23-31-24-22-30(8)20-12-18-28(6)16-10-14-26(3)4/h13-14,17-18,21-22,31H,9-12,15-16,19-20,23-24H2,1-8H3. The molecule has 0 saturated carbocycles. The van der Waals surface area contributed by atoms with Crippen LogP contribution in [0.1, 0.15) is 107 Å². The fourth-order valence-electron chi connectivity index (χ4n) is 3.25. The van der Waals surface area contributed by atoms with Crippen LogP contribution in [0.25, 0.3) is 0 Å². The third kappa shape index (κ3) is 21.4. The van der Waals surface area contributed by atoms with Gasteiger partial charge in [0.15, 0.2) is 0 Å². The summed E-state index contributed by atoms with van der Waals surface area (Å²) in [7, 11) is 0. The Morgan fingerprint density at radius 2 is 0.710 bits per heavy atom. The van der Waals surface area contributed by atoms with E-state index >= 15 is 0 Å². The summed E-state index contributed by atoms with van der Waals surface area (Å²) >= 11 is 0. The minimum Gasteiger partial charge on any atom is -0.310 e. The van der Waals surface area contributed by atoms with Crippen LogP contribution in [0, 0.1) is 0 Å². The van der Waals surface area contributed by atoms with Crippen molar-refractivity contribution in [2.75, 3.05) is 13.1 Å². The van der Waals surface area contributed by atoms with E-state index in [9.17, 15) is 0 Å². The van der Waals surface area contributed by atoms with Gasteiger partial charge in [0.1, 0.15) is 0 Å². The van der Waals surface area contributed by atoms with Crippen LogP contribution in [0.15, 0.2) is 69.9 Å². The molecular formula is C30H51N. The Balaban J connectivity index is 3.98. The minimum absolute atomic E-state index is 0.961. The number of allylic oxidation sites excluding steroid dienone is 10. The molecule has 0 aliphatic carbocycles. The topological polar surface area (TPSA) is 12.0 Å². The van der Waals surface area contributed by atoms with E-state index in [0.717, 1.165) is 38.8 Å². The molecule has 0 rings (SSSR count). The Morgan fingerprint density at radius 3 is 1.03 bits per heavy atom. The molecule has 0 atom stereocenters. The molecule has 0 unspecified atom stereocenters. The van der Waals surface area contributed by atoms with Gasteiger partial charge in [-0.05, 0) is 107 Å². The number of rotatable bonds is 16. The van der Waals surface area contributed by atoms with Crippen molar-refractivity contribution in [1.82, 2.24) is 5.32 Å². The summed E-state index contributed by atoms with van der Waals surface area (Å²) in [5.41, 5.74) is 8.83. The zero-order valence-corrected chi connectivity index (χ0v) is 22.0. The van der Waals surface area contributed by atoms with Gasteiger partial charge in [0.05, 0.1) is 0 Å². The van der Waals surface area contributed by atoms with E-state index in [0.29, 0.717) is 0 Å². The quantitative estimate of drug-likeness (QED) is 0.192. The molecule has 0 spiro atoms. The third-order valence-corrected chi connectivity index (χ3v) is 5.44. The molecule has 0 saturated heterocycles. The van der Waals surface area contributed by atoms with Crippen molar-refractivity contribution in [3.8, 4) is 0 Å². The van der Waals surface area contributed by atoms with Crippen molar-refractivity contribution in [1.29, 1.82) is 0 Å². The van der Waals surface area contributed by atoms with Gasteiger partial charge in [0.25, 0.3) is 0 Å². The van der Waals surface area contributed by atoms with Gasteiger partial charge < -0.3 is 5.32 Å². The maximum absolute atomic E-state index is 3.53. The number of hydrogen-bond acceptors (Lipinski definition) is 1. The van der Waals surface area contributed by atoms with Gasteiger partial charge in [-0.2, -0.15) is 0 Å². The lowest BCUT2D eigenvalue weighted by molar-refractivity contribution is 0.818. The zero-order chi connectivity index (χ0) is 23.5. The first-order valence-electron chi connectivity index (χ1n) is 12.3. The molecular weight excluding hydrogens is 374 g/mol. The maximum Gasteiger partial charge on any atom is 0.0140 e. The maximum atomic E-state index is 3.53. The van der Waals surface area contributed by atoms with Crippen LogP contribution in [0.2, 0.25) is 0 Å². The molecule has 0 heterocycles. The highest BCUT2D eigenvalue weighted by Gasteiger charge is 1.94. The molecule has 0 radical (unpaired) electrons. The summed E-state index contributed by atoms with van der Waals surface area (Å²) in [6.07, 6.45) is 23.5. The highest BCUT2D eigenvalue weighted by atomic mass is 14.8. The van der Waals surface area contributed by atoms with E-state index in [1.807, 2.05) is 0 Å². The van der Waals surface area contributed by atoms with Crippen LogP contribution in [-0.4, -0.2) is 13.1 Å². The summed E-state index contributed by atoms with van der Waals surface area (Å²) in [5.74, 6) is 0. The molecule has 0 bridgehead atoms. The van der Waals surface area contributed by atoms with E-state index in [2.05, 4.69) is 97.2 Å². The normalized spacial score (nSPS) is 13.4. The second kappa shape index (κ2) is 19.1. The Hall–Kier alpha value is -1.60. The molecule has 31 heavy (non-hydrogen) atoms. The number of nitrogens with one attached hydrogen (secondary N) is 1. The van der Waals surface area contributed by atoms with E-state index in [4.69, 9.17) is 0 Å². The van der Waals surface area contributed by atoms with Gasteiger partial charge in [-0.1, -0.05) is 69.9 Å².